The second-order valence-electron chi connectivity index (χ2n) is 8.18. The molecule has 0 bridgehead atoms. The Balaban J connectivity index is 1.50. The monoisotopic (exact) mass is 443 g/mol. The smallest absolute Gasteiger partial charge is 0.325 e. The van der Waals surface area contributed by atoms with Crippen LogP contribution >= 0.6 is 0 Å². The minimum absolute atomic E-state index is 0.0583. The van der Waals surface area contributed by atoms with E-state index in [2.05, 4.69) is 5.32 Å². The lowest BCUT2D eigenvalue weighted by atomic mass is 9.92. The molecule has 1 saturated carbocycles. The van der Waals surface area contributed by atoms with E-state index in [4.69, 9.17) is 4.74 Å². The Labute approximate surface area is 183 Å². The van der Waals surface area contributed by atoms with Gasteiger partial charge >= 0.3 is 6.03 Å². The maximum absolute atomic E-state index is 13.7. The largest absolute Gasteiger partial charge is 0.497 e. The predicted octanol–water partition coefficient (Wildman–Crippen LogP) is 2.93. The van der Waals surface area contributed by atoms with Gasteiger partial charge in [0, 0.05) is 12.6 Å². The zero-order chi connectivity index (χ0) is 23.0. The minimum Gasteiger partial charge on any atom is -0.497 e. The fourth-order valence-corrected chi connectivity index (χ4v) is 3.80. The van der Waals surface area contributed by atoms with Gasteiger partial charge in [0.1, 0.15) is 17.8 Å². The maximum Gasteiger partial charge on any atom is 0.325 e. The van der Waals surface area contributed by atoms with Gasteiger partial charge in [-0.25, -0.2) is 13.6 Å². The number of halogens is 2. The zero-order valence-corrected chi connectivity index (χ0v) is 17.7. The molecule has 2 aliphatic rings. The van der Waals surface area contributed by atoms with E-state index in [9.17, 15) is 23.2 Å². The van der Waals surface area contributed by atoms with Crippen LogP contribution in [-0.2, 0) is 21.7 Å². The Morgan fingerprint density at radius 2 is 1.84 bits per heavy atom. The molecule has 1 aliphatic heterocycles. The second-order valence-corrected chi connectivity index (χ2v) is 8.18. The Hall–Kier alpha value is -3.49. The first-order chi connectivity index (χ1) is 15.2. The fraction of sp³-hybridized carbons (Fsp3) is 0.348. The van der Waals surface area contributed by atoms with Gasteiger partial charge in [-0.2, -0.15) is 0 Å². The van der Waals surface area contributed by atoms with E-state index in [0.717, 1.165) is 35.4 Å². The van der Waals surface area contributed by atoms with Gasteiger partial charge in [0.15, 0.2) is 11.6 Å². The third-order valence-corrected chi connectivity index (χ3v) is 5.89. The van der Waals surface area contributed by atoms with Gasteiger partial charge in [0.25, 0.3) is 5.91 Å². The highest BCUT2D eigenvalue weighted by Gasteiger charge is 2.50. The molecule has 168 valence electrons. The molecule has 2 fully saturated rings. The van der Waals surface area contributed by atoms with Crippen molar-refractivity contribution < 1.29 is 27.9 Å². The first-order valence-electron chi connectivity index (χ1n) is 10.2. The van der Waals surface area contributed by atoms with E-state index in [1.54, 1.807) is 24.1 Å². The summed E-state index contributed by atoms with van der Waals surface area (Å²) in [7, 11) is 1.57. The van der Waals surface area contributed by atoms with Crippen LogP contribution in [0.3, 0.4) is 0 Å². The van der Waals surface area contributed by atoms with Gasteiger partial charge in [0.05, 0.1) is 7.11 Å². The summed E-state index contributed by atoms with van der Waals surface area (Å²) in [6.45, 7) is 1.31. The number of urea groups is 1. The highest BCUT2D eigenvalue weighted by Crippen LogP contribution is 2.32. The number of amides is 4. The van der Waals surface area contributed by atoms with E-state index in [1.165, 1.54) is 13.0 Å². The number of hydrogen-bond donors (Lipinski definition) is 1. The fourth-order valence-electron chi connectivity index (χ4n) is 3.80. The topological polar surface area (TPSA) is 79.0 Å². The van der Waals surface area contributed by atoms with E-state index in [1.807, 2.05) is 12.1 Å². The first kappa shape index (κ1) is 21.7. The molecule has 7 nitrogen and oxygen atoms in total. The van der Waals surface area contributed by atoms with Crippen molar-refractivity contribution in [3.63, 3.8) is 0 Å². The second kappa shape index (κ2) is 8.22. The normalized spacial score (nSPS) is 20.3. The standard InChI is InChI=1S/C23H23F2N3O4/c1-23(15-5-10-18(24)19(25)11-15)21(30)28(22(31)26-23)13-20(29)27(16-6-7-16)12-14-3-8-17(32-2)9-4-14/h3-5,8-11,16H,6-7,12-13H2,1-2H3,(H,26,31). The summed E-state index contributed by atoms with van der Waals surface area (Å²) < 4.78 is 32.2. The molecular weight excluding hydrogens is 420 g/mol. The SMILES string of the molecule is COc1ccc(CN(C(=O)CN2C(=O)NC(C)(c3ccc(F)c(F)c3)C2=O)C2CC2)cc1. The molecule has 9 heteroatoms. The molecule has 1 heterocycles. The Morgan fingerprint density at radius 3 is 2.44 bits per heavy atom. The highest BCUT2D eigenvalue weighted by molar-refractivity contribution is 6.09. The summed E-state index contributed by atoms with van der Waals surface area (Å²) in [4.78, 5) is 41.1. The molecule has 0 spiro atoms. The number of hydrogen-bond acceptors (Lipinski definition) is 4. The maximum atomic E-state index is 13.7. The molecule has 1 saturated heterocycles. The van der Waals surface area contributed by atoms with Crippen molar-refractivity contribution in [2.45, 2.75) is 37.9 Å². The minimum atomic E-state index is -1.59. The molecule has 0 radical (unpaired) electrons. The number of carbonyl (C=O) groups excluding carboxylic acids is 3. The summed E-state index contributed by atoms with van der Waals surface area (Å²) >= 11 is 0. The molecule has 1 unspecified atom stereocenters. The predicted molar refractivity (Wildman–Crippen MR) is 111 cm³/mol. The van der Waals surface area contributed by atoms with Crippen LogP contribution in [0.25, 0.3) is 0 Å². The number of ether oxygens (including phenoxy) is 1. The summed E-state index contributed by atoms with van der Waals surface area (Å²) in [5, 5.41) is 2.51. The number of imide groups is 1. The van der Waals surface area contributed by atoms with Crippen molar-refractivity contribution in [1.82, 2.24) is 15.1 Å². The Kier molecular flexibility index (Phi) is 5.58. The van der Waals surface area contributed by atoms with Crippen molar-refractivity contribution >= 4 is 17.8 Å². The van der Waals surface area contributed by atoms with Gasteiger partial charge in [-0.15, -0.1) is 0 Å². The third kappa shape index (κ3) is 4.02. The van der Waals surface area contributed by atoms with E-state index >= 15 is 0 Å². The molecule has 2 aromatic carbocycles. The van der Waals surface area contributed by atoms with Crippen molar-refractivity contribution in [2.24, 2.45) is 0 Å². The average molecular weight is 443 g/mol. The van der Waals surface area contributed by atoms with Crippen LogP contribution in [-0.4, -0.2) is 47.3 Å². The van der Waals surface area contributed by atoms with Crippen LogP contribution in [0.2, 0.25) is 0 Å². The number of nitrogens with one attached hydrogen (secondary N) is 1. The van der Waals surface area contributed by atoms with Crippen LogP contribution in [0, 0.1) is 11.6 Å². The highest BCUT2D eigenvalue weighted by atomic mass is 19.2. The van der Waals surface area contributed by atoms with Crippen LogP contribution in [0.5, 0.6) is 5.75 Å². The molecule has 4 rings (SSSR count). The summed E-state index contributed by atoms with van der Waals surface area (Å²) in [6.07, 6.45) is 1.71. The summed E-state index contributed by atoms with van der Waals surface area (Å²) in [6, 6.07) is 9.63. The van der Waals surface area contributed by atoms with Gasteiger partial charge in [-0.05, 0) is 55.2 Å². The van der Waals surface area contributed by atoms with E-state index in [0.29, 0.717) is 12.3 Å². The quantitative estimate of drug-likeness (QED) is 0.668. The first-order valence-corrected chi connectivity index (χ1v) is 10.2. The van der Waals surface area contributed by atoms with Crippen molar-refractivity contribution in [3.05, 3.63) is 65.2 Å². The molecule has 1 N–H and O–H groups in total. The van der Waals surface area contributed by atoms with Crippen LogP contribution in [0.4, 0.5) is 13.6 Å². The Morgan fingerprint density at radius 1 is 1.16 bits per heavy atom. The molecule has 4 amide bonds. The number of carbonyl (C=O) groups is 3. The number of rotatable bonds is 7. The van der Waals surface area contributed by atoms with Crippen LogP contribution in [0.1, 0.15) is 30.9 Å². The van der Waals surface area contributed by atoms with Crippen LogP contribution < -0.4 is 10.1 Å². The molecule has 1 atom stereocenters. The summed E-state index contributed by atoms with van der Waals surface area (Å²) in [5.74, 6) is -2.53. The average Bonchev–Trinajstić information content (AvgIpc) is 3.59. The van der Waals surface area contributed by atoms with Crippen LogP contribution in [0.15, 0.2) is 42.5 Å². The lowest BCUT2D eigenvalue weighted by Crippen LogP contribution is -2.45. The summed E-state index contributed by atoms with van der Waals surface area (Å²) in [5.41, 5.74) is -0.594. The lowest BCUT2D eigenvalue weighted by molar-refractivity contribution is -0.139. The number of nitrogens with zero attached hydrogens (tertiary/aromatic N) is 2. The van der Waals surface area contributed by atoms with Gasteiger partial charge in [-0.1, -0.05) is 18.2 Å². The molecule has 32 heavy (non-hydrogen) atoms. The van der Waals surface area contributed by atoms with E-state index in [-0.39, 0.29) is 17.5 Å². The lowest BCUT2D eigenvalue weighted by Gasteiger charge is -2.25. The molecule has 0 aromatic heterocycles. The molecule has 1 aliphatic carbocycles. The molecular formula is C23H23F2N3O4. The van der Waals surface area contributed by atoms with Gasteiger partial charge < -0.3 is 15.0 Å². The van der Waals surface area contributed by atoms with Crippen molar-refractivity contribution in [3.8, 4) is 5.75 Å². The Bertz CT molecular complexity index is 1070. The number of methoxy groups -OCH3 is 1. The van der Waals surface area contributed by atoms with E-state index < -0.39 is 35.7 Å². The van der Waals surface area contributed by atoms with Crippen molar-refractivity contribution in [2.75, 3.05) is 13.7 Å². The van der Waals surface area contributed by atoms with Gasteiger partial charge in [0.2, 0.25) is 5.91 Å². The number of benzene rings is 2. The zero-order valence-electron chi connectivity index (χ0n) is 17.7. The third-order valence-electron chi connectivity index (χ3n) is 5.89. The van der Waals surface area contributed by atoms with Crippen molar-refractivity contribution in [1.29, 1.82) is 0 Å². The molecule has 2 aromatic rings. The van der Waals surface area contributed by atoms with Gasteiger partial charge in [-0.3, -0.25) is 14.5 Å².